The van der Waals surface area contributed by atoms with Crippen LogP contribution < -0.4 is 10.2 Å². The first-order valence-electron chi connectivity index (χ1n) is 7.18. The van der Waals surface area contributed by atoms with Crippen molar-refractivity contribution in [3.8, 4) is 0 Å². The molecule has 1 aromatic rings. The van der Waals surface area contributed by atoms with E-state index in [0.717, 1.165) is 25.3 Å². The molecule has 1 aromatic heterocycles. The Balaban J connectivity index is 2.29. The molecule has 0 aromatic carbocycles. The molecule has 2 rings (SSSR count). The van der Waals surface area contributed by atoms with Crippen LogP contribution in [0.15, 0.2) is 12.1 Å². The van der Waals surface area contributed by atoms with Crippen molar-refractivity contribution in [1.29, 1.82) is 0 Å². The molecule has 1 aliphatic heterocycles. The molecule has 19 heavy (non-hydrogen) atoms. The molecule has 0 amide bonds. The molecule has 0 saturated carbocycles. The minimum Gasteiger partial charge on any atom is -0.352 e. The summed E-state index contributed by atoms with van der Waals surface area (Å²) in [5, 5.41) is 3.91. The summed E-state index contributed by atoms with van der Waals surface area (Å²) >= 11 is 2.07. The average Bonchev–Trinajstić information content (AvgIpc) is 2.42. The fraction of sp³-hybridized carbons (Fsp3) is 0.667. The van der Waals surface area contributed by atoms with E-state index >= 15 is 0 Å². The molecule has 4 heteroatoms. The van der Waals surface area contributed by atoms with Crippen LogP contribution in [0.1, 0.15) is 32.0 Å². The van der Waals surface area contributed by atoms with Crippen LogP contribution in [-0.2, 0) is 13.0 Å². The minimum absolute atomic E-state index is 0.556. The minimum atomic E-state index is 0.556. The van der Waals surface area contributed by atoms with E-state index in [4.69, 9.17) is 4.98 Å². The maximum absolute atomic E-state index is 4.83. The Labute approximate surface area is 121 Å². The van der Waals surface area contributed by atoms with Gasteiger partial charge in [0.1, 0.15) is 5.82 Å². The Morgan fingerprint density at radius 3 is 2.89 bits per heavy atom. The van der Waals surface area contributed by atoms with Crippen LogP contribution in [0.3, 0.4) is 0 Å². The van der Waals surface area contributed by atoms with E-state index in [0.29, 0.717) is 11.3 Å². The highest BCUT2D eigenvalue weighted by atomic mass is 32.2. The molecular formula is C15H25N3S. The van der Waals surface area contributed by atoms with Crippen molar-refractivity contribution in [2.24, 2.45) is 0 Å². The van der Waals surface area contributed by atoms with Gasteiger partial charge in [0.05, 0.1) is 0 Å². The molecule has 0 bridgehead atoms. The van der Waals surface area contributed by atoms with Gasteiger partial charge in [-0.3, -0.25) is 0 Å². The number of nitrogens with zero attached hydrogens (tertiary/aromatic N) is 2. The third-order valence-corrected chi connectivity index (χ3v) is 5.18. The summed E-state index contributed by atoms with van der Waals surface area (Å²) in [5.74, 6) is 2.36. The lowest BCUT2D eigenvalue weighted by molar-refractivity contribution is 0.618. The summed E-state index contributed by atoms with van der Waals surface area (Å²) in [7, 11) is 1.99. The van der Waals surface area contributed by atoms with Gasteiger partial charge in [0.25, 0.3) is 0 Å². The Kier molecular flexibility index (Phi) is 5.11. The molecule has 1 aliphatic rings. The van der Waals surface area contributed by atoms with Crippen LogP contribution in [0.5, 0.6) is 0 Å². The molecule has 1 fully saturated rings. The predicted molar refractivity (Wildman–Crippen MR) is 85.1 cm³/mol. The van der Waals surface area contributed by atoms with Gasteiger partial charge in [-0.15, -0.1) is 0 Å². The fourth-order valence-electron chi connectivity index (χ4n) is 2.52. The van der Waals surface area contributed by atoms with E-state index in [9.17, 15) is 0 Å². The summed E-state index contributed by atoms with van der Waals surface area (Å²) in [6, 6.07) is 5.02. The van der Waals surface area contributed by atoms with Crippen molar-refractivity contribution < 1.29 is 0 Å². The van der Waals surface area contributed by atoms with Crippen molar-refractivity contribution in [2.75, 3.05) is 24.2 Å². The normalized spacial score (nSPS) is 23.7. The zero-order chi connectivity index (χ0) is 13.8. The van der Waals surface area contributed by atoms with E-state index in [1.807, 2.05) is 7.05 Å². The monoisotopic (exact) mass is 279 g/mol. The summed E-state index contributed by atoms with van der Waals surface area (Å²) in [6.45, 7) is 8.83. The average molecular weight is 279 g/mol. The third kappa shape index (κ3) is 3.42. The number of thioether (sulfide) groups is 1. The van der Waals surface area contributed by atoms with Crippen molar-refractivity contribution in [3.05, 3.63) is 23.4 Å². The molecule has 0 aliphatic carbocycles. The molecule has 0 spiro atoms. The summed E-state index contributed by atoms with van der Waals surface area (Å²) in [5.41, 5.74) is 2.53. The fourth-order valence-corrected chi connectivity index (χ4v) is 3.62. The van der Waals surface area contributed by atoms with Gasteiger partial charge < -0.3 is 10.2 Å². The lowest BCUT2D eigenvalue weighted by Gasteiger charge is -2.38. The first-order chi connectivity index (χ1) is 9.15. The zero-order valence-electron chi connectivity index (χ0n) is 12.4. The van der Waals surface area contributed by atoms with Crippen molar-refractivity contribution in [3.63, 3.8) is 0 Å². The SMILES string of the molecule is CCc1cc(CNC)cc(N2CCSC(C)C2C)n1. The molecule has 0 radical (unpaired) electrons. The van der Waals surface area contributed by atoms with Crippen LogP contribution in [0.4, 0.5) is 5.82 Å². The van der Waals surface area contributed by atoms with Gasteiger partial charge >= 0.3 is 0 Å². The van der Waals surface area contributed by atoms with E-state index in [1.165, 1.54) is 17.0 Å². The Hall–Kier alpha value is -0.740. The maximum Gasteiger partial charge on any atom is 0.129 e. The zero-order valence-corrected chi connectivity index (χ0v) is 13.3. The van der Waals surface area contributed by atoms with Crippen molar-refractivity contribution in [1.82, 2.24) is 10.3 Å². The van der Waals surface area contributed by atoms with Crippen molar-refractivity contribution >= 4 is 17.6 Å². The van der Waals surface area contributed by atoms with E-state index in [-0.39, 0.29) is 0 Å². The van der Waals surface area contributed by atoms with Gasteiger partial charge in [-0.2, -0.15) is 11.8 Å². The highest BCUT2D eigenvalue weighted by Crippen LogP contribution is 2.28. The van der Waals surface area contributed by atoms with Crippen LogP contribution in [0, 0.1) is 0 Å². The Morgan fingerprint density at radius 1 is 1.42 bits per heavy atom. The molecule has 2 atom stereocenters. The molecule has 2 unspecified atom stereocenters. The summed E-state index contributed by atoms with van der Waals surface area (Å²) in [4.78, 5) is 7.30. The first-order valence-corrected chi connectivity index (χ1v) is 8.23. The highest BCUT2D eigenvalue weighted by molar-refractivity contribution is 8.00. The second-order valence-electron chi connectivity index (χ2n) is 5.22. The van der Waals surface area contributed by atoms with Gasteiger partial charge in [-0.05, 0) is 38.1 Å². The Morgan fingerprint density at radius 2 is 2.21 bits per heavy atom. The van der Waals surface area contributed by atoms with Gasteiger partial charge in [-0.25, -0.2) is 4.98 Å². The highest BCUT2D eigenvalue weighted by Gasteiger charge is 2.26. The number of nitrogens with one attached hydrogen (secondary N) is 1. The molecule has 1 N–H and O–H groups in total. The number of aromatic nitrogens is 1. The van der Waals surface area contributed by atoms with Crippen LogP contribution in [-0.4, -0.2) is 35.6 Å². The molecule has 106 valence electrons. The van der Waals surface area contributed by atoms with E-state index in [2.05, 4.69) is 54.9 Å². The number of anilines is 1. The van der Waals surface area contributed by atoms with Crippen molar-refractivity contribution in [2.45, 2.75) is 45.0 Å². The van der Waals surface area contributed by atoms with E-state index < -0.39 is 0 Å². The van der Waals surface area contributed by atoms with Gasteiger partial charge in [0.15, 0.2) is 0 Å². The third-order valence-electron chi connectivity index (χ3n) is 3.85. The number of pyridine rings is 1. The molecule has 3 nitrogen and oxygen atoms in total. The smallest absolute Gasteiger partial charge is 0.129 e. The first kappa shape index (κ1) is 14.7. The summed E-state index contributed by atoms with van der Waals surface area (Å²) < 4.78 is 0. The lowest BCUT2D eigenvalue weighted by Crippen LogP contribution is -2.45. The number of aryl methyl sites for hydroxylation is 1. The predicted octanol–water partition coefficient (Wildman–Crippen LogP) is 2.69. The topological polar surface area (TPSA) is 28.2 Å². The quantitative estimate of drug-likeness (QED) is 0.917. The van der Waals surface area contributed by atoms with Gasteiger partial charge in [0, 0.05) is 35.8 Å². The van der Waals surface area contributed by atoms with E-state index in [1.54, 1.807) is 0 Å². The second-order valence-corrected chi connectivity index (χ2v) is 6.70. The van der Waals surface area contributed by atoms with Crippen LogP contribution in [0.25, 0.3) is 0 Å². The molecule has 1 saturated heterocycles. The number of rotatable bonds is 4. The van der Waals surface area contributed by atoms with Crippen LogP contribution >= 0.6 is 11.8 Å². The Bertz CT molecular complexity index is 422. The second kappa shape index (κ2) is 6.62. The van der Waals surface area contributed by atoms with Gasteiger partial charge in [-0.1, -0.05) is 13.8 Å². The number of hydrogen-bond donors (Lipinski definition) is 1. The maximum atomic E-state index is 4.83. The standard InChI is InChI=1S/C15H25N3S/c1-5-14-8-13(10-16-4)9-15(17-14)18-6-7-19-12(3)11(18)2/h8-9,11-12,16H,5-7,10H2,1-4H3. The number of hydrogen-bond acceptors (Lipinski definition) is 4. The summed E-state index contributed by atoms with van der Waals surface area (Å²) in [6.07, 6.45) is 0.997. The van der Waals surface area contributed by atoms with Gasteiger partial charge in [0.2, 0.25) is 0 Å². The lowest BCUT2D eigenvalue weighted by atomic mass is 10.1. The molecule has 2 heterocycles. The largest absolute Gasteiger partial charge is 0.352 e. The van der Waals surface area contributed by atoms with Crippen LogP contribution in [0.2, 0.25) is 0 Å². The molecular weight excluding hydrogens is 254 g/mol.